The smallest absolute Gasteiger partial charge is 0.336 e. The predicted octanol–water partition coefficient (Wildman–Crippen LogP) is 2.50. The van der Waals surface area contributed by atoms with Crippen molar-refractivity contribution in [1.82, 2.24) is 0 Å². The van der Waals surface area contributed by atoms with Crippen molar-refractivity contribution in [3.8, 4) is 0 Å². The summed E-state index contributed by atoms with van der Waals surface area (Å²) in [6, 6.07) is 9.32. The molecule has 0 aliphatic rings. The van der Waals surface area contributed by atoms with Crippen LogP contribution in [0.4, 0.5) is 5.69 Å². The summed E-state index contributed by atoms with van der Waals surface area (Å²) >= 11 is 0. The lowest BCUT2D eigenvalue weighted by Gasteiger charge is -2.08. The molecule has 0 aliphatic carbocycles. The number of benzene rings is 1. The van der Waals surface area contributed by atoms with E-state index < -0.39 is 11.9 Å². The Kier molecular flexibility index (Phi) is 6.89. The van der Waals surface area contributed by atoms with Gasteiger partial charge in [0.15, 0.2) is 0 Å². The molecule has 1 rings (SSSR count). The van der Waals surface area contributed by atoms with Crippen molar-refractivity contribution in [2.75, 3.05) is 18.5 Å². The van der Waals surface area contributed by atoms with Crippen LogP contribution in [0.5, 0.6) is 0 Å². The zero-order chi connectivity index (χ0) is 14.8. The first-order valence-electron chi connectivity index (χ1n) is 6.50. The third kappa shape index (κ3) is 5.56. The van der Waals surface area contributed by atoms with Crippen molar-refractivity contribution >= 4 is 17.6 Å². The number of nitrogens with one attached hydrogen (secondary N) is 1. The number of carbonyl (C=O) groups is 2. The van der Waals surface area contributed by atoms with Gasteiger partial charge in [0, 0.05) is 11.9 Å². The number of anilines is 1. The van der Waals surface area contributed by atoms with E-state index in [0.717, 1.165) is 5.69 Å². The Hall–Kier alpha value is -2.30. The van der Waals surface area contributed by atoms with Gasteiger partial charge in [-0.25, -0.2) is 4.79 Å². The van der Waals surface area contributed by atoms with Crippen LogP contribution >= 0.6 is 0 Å². The zero-order valence-electron chi connectivity index (χ0n) is 11.7. The topological polar surface area (TPSA) is 64.6 Å². The fourth-order valence-electron chi connectivity index (χ4n) is 1.48. The molecule has 0 saturated carbocycles. The average Bonchev–Trinajstić information content (AvgIpc) is 2.45. The Morgan fingerprint density at radius 3 is 2.35 bits per heavy atom. The van der Waals surface area contributed by atoms with Gasteiger partial charge < -0.3 is 14.8 Å². The molecule has 1 aromatic rings. The summed E-state index contributed by atoms with van der Waals surface area (Å²) in [6.45, 7) is 3.96. The highest BCUT2D eigenvalue weighted by atomic mass is 16.5. The Bertz CT molecular complexity index is 468. The molecule has 108 valence electrons. The van der Waals surface area contributed by atoms with Gasteiger partial charge >= 0.3 is 11.9 Å². The molecule has 0 amide bonds. The SMILES string of the molecule is CCOC(=O)C/C(=C/Nc1ccccc1)C(=O)OCC. The van der Waals surface area contributed by atoms with E-state index in [1.54, 1.807) is 13.8 Å². The molecule has 0 atom stereocenters. The molecular formula is C15H19NO4. The van der Waals surface area contributed by atoms with Gasteiger partial charge in [-0.3, -0.25) is 4.79 Å². The second-order valence-corrected chi connectivity index (χ2v) is 3.88. The van der Waals surface area contributed by atoms with Crippen molar-refractivity contribution in [3.63, 3.8) is 0 Å². The van der Waals surface area contributed by atoms with Crippen LogP contribution in [-0.4, -0.2) is 25.2 Å². The van der Waals surface area contributed by atoms with Gasteiger partial charge in [0.2, 0.25) is 0 Å². The van der Waals surface area contributed by atoms with Crippen molar-refractivity contribution in [2.24, 2.45) is 0 Å². The van der Waals surface area contributed by atoms with Gasteiger partial charge in [0.1, 0.15) is 0 Å². The minimum Gasteiger partial charge on any atom is -0.466 e. The number of rotatable bonds is 7. The van der Waals surface area contributed by atoms with E-state index in [-0.39, 0.29) is 25.2 Å². The van der Waals surface area contributed by atoms with Crippen molar-refractivity contribution in [1.29, 1.82) is 0 Å². The van der Waals surface area contributed by atoms with E-state index in [2.05, 4.69) is 5.32 Å². The molecule has 0 unspecified atom stereocenters. The molecule has 0 heterocycles. The summed E-state index contributed by atoms with van der Waals surface area (Å²) in [5.74, 6) is -0.981. The molecule has 0 aliphatic heterocycles. The molecule has 0 fully saturated rings. The number of esters is 2. The van der Waals surface area contributed by atoms with Gasteiger partial charge in [-0.2, -0.15) is 0 Å². The third-order valence-corrected chi connectivity index (χ3v) is 2.36. The maximum atomic E-state index is 11.8. The van der Waals surface area contributed by atoms with E-state index >= 15 is 0 Å². The third-order valence-electron chi connectivity index (χ3n) is 2.36. The lowest BCUT2D eigenvalue weighted by molar-refractivity contribution is -0.145. The second kappa shape index (κ2) is 8.74. The molecule has 0 spiro atoms. The van der Waals surface area contributed by atoms with Gasteiger partial charge in [-0.05, 0) is 26.0 Å². The highest BCUT2D eigenvalue weighted by Crippen LogP contribution is 2.10. The Balaban J connectivity index is 2.75. The first kappa shape index (κ1) is 15.8. The van der Waals surface area contributed by atoms with Crippen LogP contribution < -0.4 is 5.32 Å². The quantitative estimate of drug-likeness (QED) is 0.613. The molecular weight excluding hydrogens is 258 g/mol. The summed E-state index contributed by atoms with van der Waals surface area (Å²) in [4.78, 5) is 23.2. The van der Waals surface area contributed by atoms with Crippen LogP contribution in [0.2, 0.25) is 0 Å². The number of hydrogen-bond donors (Lipinski definition) is 1. The molecule has 0 bridgehead atoms. The summed E-state index contributed by atoms with van der Waals surface area (Å²) in [6.07, 6.45) is 1.36. The summed E-state index contributed by atoms with van der Waals surface area (Å²) in [5.41, 5.74) is 1.05. The highest BCUT2D eigenvalue weighted by Gasteiger charge is 2.15. The van der Waals surface area contributed by atoms with E-state index in [1.807, 2.05) is 30.3 Å². The summed E-state index contributed by atoms with van der Waals surface area (Å²) < 4.78 is 9.75. The highest BCUT2D eigenvalue weighted by molar-refractivity contribution is 5.94. The minimum atomic E-state index is -0.524. The van der Waals surface area contributed by atoms with Crippen molar-refractivity contribution in [2.45, 2.75) is 20.3 Å². The molecule has 20 heavy (non-hydrogen) atoms. The lowest BCUT2D eigenvalue weighted by Crippen LogP contribution is -2.14. The molecule has 1 N–H and O–H groups in total. The maximum Gasteiger partial charge on any atom is 0.336 e. The van der Waals surface area contributed by atoms with E-state index in [1.165, 1.54) is 6.20 Å². The molecule has 1 aromatic carbocycles. The van der Waals surface area contributed by atoms with Gasteiger partial charge in [0.25, 0.3) is 0 Å². The zero-order valence-corrected chi connectivity index (χ0v) is 11.7. The maximum absolute atomic E-state index is 11.8. The minimum absolute atomic E-state index is 0.119. The van der Waals surface area contributed by atoms with Crippen molar-refractivity contribution in [3.05, 3.63) is 42.1 Å². The Labute approximate surface area is 118 Å². The van der Waals surface area contributed by atoms with Crippen LogP contribution in [0.1, 0.15) is 20.3 Å². The lowest BCUT2D eigenvalue weighted by atomic mass is 10.2. The largest absolute Gasteiger partial charge is 0.466 e. The molecule has 0 saturated heterocycles. The van der Waals surface area contributed by atoms with Crippen LogP contribution in [0, 0.1) is 0 Å². The molecule has 0 aromatic heterocycles. The molecule has 5 nitrogen and oxygen atoms in total. The van der Waals surface area contributed by atoms with Gasteiger partial charge in [0.05, 0.1) is 25.2 Å². The van der Waals surface area contributed by atoms with Crippen LogP contribution in [0.25, 0.3) is 0 Å². The Morgan fingerprint density at radius 2 is 1.75 bits per heavy atom. The molecule has 0 radical (unpaired) electrons. The van der Waals surface area contributed by atoms with Crippen molar-refractivity contribution < 1.29 is 19.1 Å². The fourth-order valence-corrected chi connectivity index (χ4v) is 1.48. The monoisotopic (exact) mass is 277 g/mol. The number of hydrogen-bond acceptors (Lipinski definition) is 5. The Morgan fingerprint density at radius 1 is 1.10 bits per heavy atom. The number of carbonyl (C=O) groups excluding carboxylic acids is 2. The summed E-state index contributed by atoms with van der Waals surface area (Å²) in [7, 11) is 0. The van der Waals surface area contributed by atoms with E-state index in [9.17, 15) is 9.59 Å². The first-order valence-corrected chi connectivity index (χ1v) is 6.50. The normalized spacial score (nSPS) is 10.8. The number of para-hydroxylation sites is 1. The summed E-state index contributed by atoms with van der Waals surface area (Å²) in [5, 5.41) is 2.96. The van der Waals surface area contributed by atoms with Gasteiger partial charge in [-0.1, -0.05) is 18.2 Å². The van der Waals surface area contributed by atoms with E-state index in [4.69, 9.17) is 9.47 Å². The van der Waals surface area contributed by atoms with E-state index in [0.29, 0.717) is 0 Å². The van der Waals surface area contributed by atoms with Crippen LogP contribution in [0.3, 0.4) is 0 Å². The standard InChI is InChI=1S/C15H19NO4/c1-3-19-14(17)10-12(15(18)20-4-2)11-16-13-8-6-5-7-9-13/h5-9,11,16H,3-4,10H2,1-2H3/b12-11-. The predicted molar refractivity (Wildman–Crippen MR) is 76.0 cm³/mol. The number of ether oxygens (including phenoxy) is 2. The second-order valence-electron chi connectivity index (χ2n) is 3.88. The first-order chi connectivity index (χ1) is 9.67. The van der Waals surface area contributed by atoms with Gasteiger partial charge in [-0.15, -0.1) is 0 Å². The average molecular weight is 277 g/mol. The fraction of sp³-hybridized carbons (Fsp3) is 0.333. The molecule has 5 heteroatoms. The van der Waals surface area contributed by atoms with Crippen LogP contribution in [0.15, 0.2) is 42.1 Å². The van der Waals surface area contributed by atoms with Crippen LogP contribution in [-0.2, 0) is 19.1 Å².